The van der Waals surface area contributed by atoms with E-state index in [9.17, 15) is 0 Å². The van der Waals surface area contributed by atoms with Gasteiger partial charge in [-0.3, -0.25) is 4.90 Å². The van der Waals surface area contributed by atoms with Crippen LogP contribution in [0, 0.1) is 5.92 Å². The Morgan fingerprint density at radius 1 is 1.25 bits per heavy atom. The summed E-state index contributed by atoms with van der Waals surface area (Å²) in [4.78, 5) is 2.77. The lowest BCUT2D eigenvalue weighted by Gasteiger charge is -2.45. The fraction of sp³-hybridized carbons (Fsp3) is 1.00. The van der Waals surface area contributed by atoms with Crippen LogP contribution in [0.4, 0.5) is 0 Å². The van der Waals surface area contributed by atoms with Crippen molar-refractivity contribution < 1.29 is 0 Å². The van der Waals surface area contributed by atoms with E-state index in [4.69, 9.17) is 0 Å². The molecule has 2 atom stereocenters. The standard InChI is InChI=1S/C14H28N2/c1-3-4-6-12-9-13(15-2)11-16(10-12)14-7-5-8-14/h12-15H,3-11H2,1-2H3. The van der Waals surface area contributed by atoms with Crippen LogP contribution in [-0.2, 0) is 0 Å². The molecule has 2 nitrogen and oxygen atoms in total. The summed E-state index contributed by atoms with van der Waals surface area (Å²) >= 11 is 0. The molecule has 0 spiro atoms. The molecule has 94 valence electrons. The van der Waals surface area contributed by atoms with Gasteiger partial charge >= 0.3 is 0 Å². The average Bonchev–Trinajstić information content (AvgIpc) is 2.23. The molecule has 2 heteroatoms. The van der Waals surface area contributed by atoms with E-state index in [0.29, 0.717) is 0 Å². The van der Waals surface area contributed by atoms with Crippen LogP contribution >= 0.6 is 0 Å². The van der Waals surface area contributed by atoms with Crippen LogP contribution in [0.3, 0.4) is 0 Å². The van der Waals surface area contributed by atoms with Crippen LogP contribution in [0.15, 0.2) is 0 Å². The number of nitrogens with zero attached hydrogens (tertiary/aromatic N) is 1. The highest BCUT2D eigenvalue weighted by Gasteiger charge is 2.32. The number of likely N-dealkylation sites (N-methyl/N-ethyl adjacent to an activating group) is 1. The van der Waals surface area contributed by atoms with Gasteiger partial charge in [-0.25, -0.2) is 0 Å². The lowest BCUT2D eigenvalue weighted by Crippen LogP contribution is -2.53. The van der Waals surface area contributed by atoms with E-state index in [1.165, 1.54) is 58.0 Å². The van der Waals surface area contributed by atoms with E-state index in [2.05, 4.69) is 24.2 Å². The first kappa shape index (κ1) is 12.4. The largest absolute Gasteiger partial charge is 0.316 e. The predicted molar refractivity (Wildman–Crippen MR) is 69.7 cm³/mol. The number of hydrogen-bond acceptors (Lipinski definition) is 2. The SMILES string of the molecule is CCCCC1CC(NC)CN(C2CCC2)C1. The highest BCUT2D eigenvalue weighted by atomic mass is 15.2. The molecule has 0 aromatic heterocycles. The molecule has 2 unspecified atom stereocenters. The third kappa shape index (κ3) is 2.98. The molecular formula is C14H28N2. The van der Waals surface area contributed by atoms with Gasteiger partial charge in [0.25, 0.3) is 0 Å². The van der Waals surface area contributed by atoms with Crippen molar-refractivity contribution in [2.75, 3.05) is 20.1 Å². The fourth-order valence-electron chi connectivity index (χ4n) is 3.20. The van der Waals surface area contributed by atoms with Crippen molar-refractivity contribution in [3.63, 3.8) is 0 Å². The maximum Gasteiger partial charge on any atom is 0.0195 e. The van der Waals surface area contributed by atoms with E-state index in [1.807, 2.05) is 0 Å². The van der Waals surface area contributed by atoms with E-state index < -0.39 is 0 Å². The van der Waals surface area contributed by atoms with Gasteiger partial charge in [0.05, 0.1) is 0 Å². The highest BCUT2D eigenvalue weighted by Crippen LogP contribution is 2.30. The summed E-state index contributed by atoms with van der Waals surface area (Å²) < 4.78 is 0. The monoisotopic (exact) mass is 224 g/mol. The van der Waals surface area contributed by atoms with Crippen LogP contribution in [0.5, 0.6) is 0 Å². The molecule has 0 aromatic rings. The van der Waals surface area contributed by atoms with Crippen molar-refractivity contribution in [3.8, 4) is 0 Å². The molecule has 0 bridgehead atoms. The van der Waals surface area contributed by atoms with Gasteiger partial charge in [0.1, 0.15) is 0 Å². The van der Waals surface area contributed by atoms with E-state index >= 15 is 0 Å². The number of rotatable bonds is 5. The Balaban J connectivity index is 1.83. The van der Waals surface area contributed by atoms with Gasteiger partial charge in [0, 0.05) is 25.2 Å². The molecule has 1 aliphatic heterocycles. The van der Waals surface area contributed by atoms with Gasteiger partial charge in [-0.2, -0.15) is 0 Å². The number of hydrogen-bond donors (Lipinski definition) is 1. The van der Waals surface area contributed by atoms with Gasteiger partial charge in [-0.15, -0.1) is 0 Å². The minimum absolute atomic E-state index is 0.746. The summed E-state index contributed by atoms with van der Waals surface area (Å²) in [5.74, 6) is 0.951. The lowest BCUT2D eigenvalue weighted by atomic mass is 9.85. The van der Waals surface area contributed by atoms with Crippen molar-refractivity contribution in [1.82, 2.24) is 10.2 Å². The van der Waals surface area contributed by atoms with Crippen molar-refractivity contribution >= 4 is 0 Å². The Morgan fingerprint density at radius 3 is 2.62 bits per heavy atom. The second-order valence-electron chi connectivity index (χ2n) is 5.77. The fourth-order valence-corrected chi connectivity index (χ4v) is 3.20. The van der Waals surface area contributed by atoms with E-state index in [0.717, 1.165) is 18.0 Å². The topological polar surface area (TPSA) is 15.3 Å². The summed E-state index contributed by atoms with van der Waals surface area (Å²) in [6.07, 6.45) is 9.99. The molecule has 1 heterocycles. The third-order valence-corrected chi connectivity index (χ3v) is 4.53. The first-order chi connectivity index (χ1) is 7.83. The Bertz CT molecular complexity index is 201. The maximum absolute atomic E-state index is 3.50. The molecule has 16 heavy (non-hydrogen) atoms. The molecule has 0 aromatic carbocycles. The normalized spacial score (nSPS) is 32.6. The van der Waals surface area contributed by atoms with Crippen molar-refractivity contribution in [2.24, 2.45) is 5.92 Å². The summed E-state index contributed by atoms with van der Waals surface area (Å²) in [7, 11) is 2.13. The predicted octanol–water partition coefficient (Wildman–Crippen LogP) is 2.64. The second-order valence-corrected chi connectivity index (χ2v) is 5.77. The average molecular weight is 224 g/mol. The Morgan fingerprint density at radius 2 is 2.06 bits per heavy atom. The molecule has 1 aliphatic carbocycles. The molecule has 2 fully saturated rings. The first-order valence-corrected chi connectivity index (χ1v) is 7.24. The molecule has 1 N–H and O–H groups in total. The third-order valence-electron chi connectivity index (χ3n) is 4.53. The minimum atomic E-state index is 0.746. The van der Waals surface area contributed by atoms with Gasteiger partial charge < -0.3 is 5.32 Å². The Kier molecular flexibility index (Phi) is 4.66. The first-order valence-electron chi connectivity index (χ1n) is 7.24. The smallest absolute Gasteiger partial charge is 0.0195 e. The second kappa shape index (κ2) is 6.02. The Labute approximate surface area is 101 Å². The zero-order chi connectivity index (χ0) is 11.4. The number of unbranched alkanes of at least 4 members (excludes halogenated alkanes) is 1. The molecule has 0 radical (unpaired) electrons. The number of nitrogens with one attached hydrogen (secondary N) is 1. The zero-order valence-corrected chi connectivity index (χ0v) is 11.0. The van der Waals surface area contributed by atoms with E-state index in [-0.39, 0.29) is 0 Å². The quantitative estimate of drug-likeness (QED) is 0.772. The van der Waals surface area contributed by atoms with Crippen LogP contribution in [0.2, 0.25) is 0 Å². The summed E-state index contributed by atoms with van der Waals surface area (Å²) in [6.45, 7) is 4.98. The maximum atomic E-state index is 3.50. The number of likely N-dealkylation sites (tertiary alicyclic amines) is 1. The van der Waals surface area contributed by atoms with Crippen molar-refractivity contribution in [3.05, 3.63) is 0 Å². The molecule has 2 aliphatic rings. The van der Waals surface area contributed by atoms with E-state index in [1.54, 1.807) is 0 Å². The molecular weight excluding hydrogens is 196 g/mol. The van der Waals surface area contributed by atoms with Gasteiger partial charge in [0.15, 0.2) is 0 Å². The number of piperidine rings is 1. The summed E-state index contributed by atoms with van der Waals surface area (Å²) in [5, 5.41) is 3.50. The molecule has 2 rings (SSSR count). The van der Waals surface area contributed by atoms with Crippen LogP contribution in [0.25, 0.3) is 0 Å². The van der Waals surface area contributed by atoms with Crippen molar-refractivity contribution in [2.45, 2.75) is 64.0 Å². The van der Waals surface area contributed by atoms with Gasteiger partial charge in [-0.1, -0.05) is 26.2 Å². The zero-order valence-electron chi connectivity index (χ0n) is 11.0. The lowest BCUT2D eigenvalue weighted by molar-refractivity contribution is 0.0574. The van der Waals surface area contributed by atoms with Crippen LogP contribution < -0.4 is 5.32 Å². The summed E-state index contributed by atoms with van der Waals surface area (Å²) in [6, 6.07) is 1.68. The van der Waals surface area contributed by atoms with Crippen LogP contribution in [-0.4, -0.2) is 37.1 Å². The molecule has 1 saturated heterocycles. The molecule has 1 saturated carbocycles. The molecule has 0 amide bonds. The van der Waals surface area contributed by atoms with Gasteiger partial charge in [0.2, 0.25) is 0 Å². The minimum Gasteiger partial charge on any atom is -0.316 e. The summed E-state index contributed by atoms with van der Waals surface area (Å²) in [5.41, 5.74) is 0. The van der Waals surface area contributed by atoms with Gasteiger partial charge in [-0.05, 0) is 38.6 Å². The highest BCUT2D eigenvalue weighted by molar-refractivity contribution is 4.89. The van der Waals surface area contributed by atoms with Crippen molar-refractivity contribution in [1.29, 1.82) is 0 Å². The Hall–Kier alpha value is -0.0800. The van der Waals surface area contributed by atoms with Crippen LogP contribution in [0.1, 0.15) is 51.9 Å².